The lowest BCUT2D eigenvalue weighted by molar-refractivity contribution is 0.473. The number of phenols is 1. The number of para-hydroxylation sites is 2. The van der Waals surface area contributed by atoms with Gasteiger partial charge < -0.3 is 5.11 Å². The van der Waals surface area contributed by atoms with Crippen LogP contribution in [0.1, 0.15) is 16.7 Å². The van der Waals surface area contributed by atoms with Gasteiger partial charge in [-0.05, 0) is 73.8 Å². The molecule has 7 aromatic rings. The van der Waals surface area contributed by atoms with Crippen LogP contribution in [0.2, 0.25) is 0 Å². The molecule has 0 heterocycles. The standard InChI is InChI=1S/C45H36N2OP2/c1-34-30-35(32-46-41-26-14-16-28-43(41)49(37-18-6-2-7-19-37)38-20-8-3-9-21-38)45(48)36(31-34)33-47-42-27-15-17-29-44(42)50(39-22-10-4-11-23-39)40-24-12-5-13-25-40/h2-33,48H,1H3. The molecule has 50 heavy (non-hydrogen) atoms. The van der Waals surface area contributed by atoms with Crippen molar-refractivity contribution in [1.29, 1.82) is 0 Å². The van der Waals surface area contributed by atoms with Crippen LogP contribution in [-0.4, -0.2) is 17.5 Å². The molecule has 0 aliphatic carbocycles. The lowest BCUT2D eigenvalue weighted by atomic mass is 10.1. The number of aryl methyl sites for hydroxylation is 1. The number of benzene rings is 7. The molecule has 0 aliphatic heterocycles. The fraction of sp³-hybridized carbons (Fsp3) is 0.0222. The Labute approximate surface area is 296 Å². The Bertz CT molecular complexity index is 2000. The van der Waals surface area contributed by atoms with Gasteiger partial charge in [-0.15, -0.1) is 0 Å². The van der Waals surface area contributed by atoms with E-state index in [9.17, 15) is 5.11 Å². The highest BCUT2D eigenvalue weighted by Gasteiger charge is 2.20. The van der Waals surface area contributed by atoms with Gasteiger partial charge in [0, 0.05) is 34.2 Å². The Hall–Kier alpha value is -5.46. The van der Waals surface area contributed by atoms with Crippen LogP contribution in [0.15, 0.2) is 192 Å². The van der Waals surface area contributed by atoms with Gasteiger partial charge in [0.15, 0.2) is 0 Å². The summed E-state index contributed by atoms with van der Waals surface area (Å²) in [6, 6.07) is 63.1. The zero-order valence-corrected chi connectivity index (χ0v) is 29.5. The van der Waals surface area contributed by atoms with Crippen LogP contribution in [0.4, 0.5) is 11.4 Å². The highest BCUT2D eigenvalue weighted by atomic mass is 31.1. The van der Waals surface area contributed by atoms with Gasteiger partial charge in [0.25, 0.3) is 0 Å². The molecule has 0 radical (unpaired) electrons. The van der Waals surface area contributed by atoms with Gasteiger partial charge in [0.05, 0.1) is 11.4 Å². The third-order valence-electron chi connectivity index (χ3n) is 8.30. The van der Waals surface area contributed by atoms with Crippen molar-refractivity contribution in [3.8, 4) is 5.75 Å². The second-order valence-electron chi connectivity index (χ2n) is 11.8. The summed E-state index contributed by atoms with van der Waals surface area (Å²) in [4.78, 5) is 10.0. The molecule has 0 fully saturated rings. The molecule has 0 amide bonds. The smallest absolute Gasteiger partial charge is 0.133 e. The van der Waals surface area contributed by atoms with Gasteiger partial charge >= 0.3 is 0 Å². The second kappa shape index (κ2) is 15.8. The highest BCUT2D eigenvalue weighted by molar-refractivity contribution is 7.80. The van der Waals surface area contributed by atoms with E-state index in [-0.39, 0.29) is 5.75 Å². The molecule has 1 N–H and O–H groups in total. The zero-order valence-electron chi connectivity index (χ0n) is 27.7. The molecule has 242 valence electrons. The summed E-state index contributed by atoms with van der Waals surface area (Å²) in [6.07, 6.45) is 3.56. The molecule has 0 saturated heterocycles. The fourth-order valence-corrected chi connectivity index (χ4v) is 10.8. The van der Waals surface area contributed by atoms with E-state index >= 15 is 0 Å². The Kier molecular flexibility index (Phi) is 10.5. The van der Waals surface area contributed by atoms with Gasteiger partial charge in [-0.25, -0.2) is 0 Å². The number of hydrogen-bond donors (Lipinski definition) is 1. The summed E-state index contributed by atoms with van der Waals surface area (Å²) in [6.45, 7) is 2.03. The van der Waals surface area contributed by atoms with E-state index < -0.39 is 15.8 Å². The van der Waals surface area contributed by atoms with E-state index in [1.807, 2.05) is 31.2 Å². The normalized spacial score (nSPS) is 11.6. The number of phenolic OH excluding ortho intramolecular Hbond substituents is 1. The molecular weight excluding hydrogens is 646 g/mol. The summed E-state index contributed by atoms with van der Waals surface area (Å²) in [5.74, 6) is 0.153. The Morgan fingerprint density at radius 1 is 0.420 bits per heavy atom. The average Bonchev–Trinajstić information content (AvgIpc) is 3.17. The molecule has 0 aromatic heterocycles. The topological polar surface area (TPSA) is 45.0 Å². The van der Waals surface area contributed by atoms with Crippen LogP contribution >= 0.6 is 15.8 Å². The Morgan fingerprint density at radius 3 is 1.06 bits per heavy atom. The lowest BCUT2D eigenvalue weighted by Crippen LogP contribution is -2.20. The largest absolute Gasteiger partial charge is 0.507 e. The highest BCUT2D eigenvalue weighted by Crippen LogP contribution is 2.38. The average molecular weight is 683 g/mol. The van der Waals surface area contributed by atoms with E-state index in [0.717, 1.165) is 27.5 Å². The van der Waals surface area contributed by atoms with Crippen LogP contribution in [0, 0.1) is 6.92 Å². The number of aliphatic imine (C=N–C) groups is 2. The van der Waals surface area contributed by atoms with E-state index in [4.69, 9.17) is 9.98 Å². The Balaban J connectivity index is 1.24. The fourth-order valence-electron chi connectivity index (χ4n) is 6.00. The summed E-state index contributed by atoms with van der Waals surface area (Å²) in [5.41, 5.74) is 4.07. The maximum absolute atomic E-state index is 11.6. The first-order chi connectivity index (χ1) is 24.7. The SMILES string of the molecule is Cc1cc(C=Nc2ccccc2P(c2ccccc2)c2ccccc2)c(O)c(C=Nc2ccccc2P(c2ccccc2)c2ccccc2)c1. The molecule has 0 bridgehead atoms. The molecule has 7 aromatic carbocycles. The molecule has 5 heteroatoms. The maximum atomic E-state index is 11.6. The van der Waals surface area contributed by atoms with Crippen LogP contribution in [0.25, 0.3) is 0 Å². The first-order valence-corrected chi connectivity index (χ1v) is 19.2. The summed E-state index contributed by atoms with van der Waals surface area (Å²) >= 11 is 0. The zero-order chi connectivity index (χ0) is 34.1. The maximum Gasteiger partial charge on any atom is 0.133 e. The van der Waals surface area contributed by atoms with Gasteiger partial charge in [0.2, 0.25) is 0 Å². The minimum absolute atomic E-state index is 0.153. The van der Waals surface area contributed by atoms with Crippen molar-refractivity contribution >= 4 is 71.5 Å². The second-order valence-corrected chi connectivity index (χ2v) is 16.2. The van der Waals surface area contributed by atoms with Crippen LogP contribution in [0.5, 0.6) is 5.75 Å². The minimum atomic E-state index is -0.837. The molecule has 0 saturated carbocycles. The van der Waals surface area contributed by atoms with Crippen LogP contribution in [0.3, 0.4) is 0 Å². The predicted molar refractivity (Wildman–Crippen MR) is 218 cm³/mol. The van der Waals surface area contributed by atoms with Gasteiger partial charge in [-0.2, -0.15) is 0 Å². The van der Waals surface area contributed by atoms with Crippen molar-refractivity contribution in [1.82, 2.24) is 0 Å². The number of hydrogen-bond acceptors (Lipinski definition) is 3. The van der Waals surface area contributed by atoms with Crippen molar-refractivity contribution in [2.24, 2.45) is 9.98 Å². The van der Waals surface area contributed by atoms with Crippen molar-refractivity contribution < 1.29 is 5.11 Å². The monoisotopic (exact) mass is 682 g/mol. The molecule has 3 nitrogen and oxygen atoms in total. The molecule has 0 atom stereocenters. The summed E-state index contributed by atoms with van der Waals surface area (Å²) in [5, 5.41) is 18.9. The molecular formula is C45H36N2OP2. The van der Waals surface area contributed by atoms with Gasteiger partial charge in [-0.3, -0.25) is 9.98 Å². The quantitative estimate of drug-likeness (QED) is 0.114. The van der Waals surface area contributed by atoms with Crippen molar-refractivity contribution in [3.63, 3.8) is 0 Å². The van der Waals surface area contributed by atoms with E-state index in [0.29, 0.717) is 11.1 Å². The summed E-state index contributed by atoms with van der Waals surface area (Å²) < 4.78 is 0. The summed E-state index contributed by atoms with van der Waals surface area (Å²) in [7, 11) is -1.67. The van der Waals surface area contributed by atoms with E-state index in [2.05, 4.69) is 158 Å². The van der Waals surface area contributed by atoms with Gasteiger partial charge in [-0.1, -0.05) is 158 Å². The molecule has 0 spiro atoms. The third kappa shape index (κ3) is 7.56. The number of rotatable bonds is 10. The van der Waals surface area contributed by atoms with Crippen molar-refractivity contribution in [2.45, 2.75) is 6.92 Å². The van der Waals surface area contributed by atoms with E-state index in [1.165, 1.54) is 21.2 Å². The Morgan fingerprint density at radius 2 is 0.720 bits per heavy atom. The first kappa shape index (κ1) is 33.1. The number of nitrogens with zero attached hydrogens (tertiary/aromatic N) is 2. The molecule has 0 unspecified atom stereocenters. The minimum Gasteiger partial charge on any atom is -0.507 e. The van der Waals surface area contributed by atoms with Crippen molar-refractivity contribution in [2.75, 3.05) is 0 Å². The lowest BCUT2D eigenvalue weighted by Gasteiger charge is -2.21. The predicted octanol–water partition coefficient (Wildman–Crippen LogP) is 8.72. The van der Waals surface area contributed by atoms with Crippen molar-refractivity contribution in [3.05, 3.63) is 199 Å². The van der Waals surface area contributed by atoms with E-state index in [1.54, 1.807) is 12.4 Å². The van der Waals surface area contributed by atoms with Crippen LogP contribution < -0.4 is 31.8 Å². The van der Waals surface area contributed by atoms with Gasteiger partial charge in [0.1, 0.15) is 5.75 Å². The van der Waals surface area contributed by atoms with Crippen LogP contribution in [-0.2, 0) is 0 Å². The molecule has 7 rings (SSSR count). The third-order valence-corrected chi connectivity index (χ3v) is 13.3. The molecule has 0 aliphatic rings. The number of aromatic hydroxyl groups is 1. The first-order valence-electron chi connectivity index (χ1n) is 16.6.